The number of aromatic nitrogens is 2. The van der Waals surface area contributed by atoms with Gasteiger partial charge < -0.3 is 5.11 Å². The van der Waals surface area contributed by atoms with E-state index in [0.29, 0.717) is 5.75 Å². The molecule has 24 heavy (non-hydrogen) atoms. The summed E-state index contributed by atoms with van der Waals surface area (Å²) in [6.07, 6.45) is 6.71. The van der Waals surface area contributed by atoms with Crippen molar-refractivity contribution in [2.24, 2.45) is 0 Å². The van der Waals surface area contributed by atoms with Gasteiger partial charge in [0.25, 0.3) is 5.65 Å². The van der Waals surface area contributed by atoms with Crippen LogP contribution in [0.2, 0.25) is 0 Å². The minimum absolute atomic E-state index is 0.176. The van der Waals surface area contributed by atoms with Crippen molar-refractivity contribution in [1.82, 2.24) is 4.40 Å². The van der Waals surface area contributed by atoms with E-state index >= 15 is 0 Å². The van der Waals surface area contributed by atoms with Gasteiger partial charge >= 0.3 is 0 Å². The number of rotatable bonds is 1. The van der Waals surface area contributed by atoms with Crippen LogP contribution >= 0.6 is 0 Å². The van der Waals surface area contributed by atoms with Crippen molar-refractivity contribution in [2.45, 2.75) is 39.2 Å². The fourth-order valence-corrected chi connectivity index (χ4v) is 4.10. The van der Waals surface area contributed by atoms with E-state index in [4.69, 9.17) is 0 Å². The molecule has 120 valence electrons. The summed E-state index contributed by atoms with van der Waals surface area (Å²) in [5.74, 6) is 0.358. The summed E-state index contributed by atoms with van der Waals surface area (Å²) in [7, 11) is 0. The molecule has 0 atom stereocenters. The van der Waals surface area contributed by atoms with E-state index in [1.807, 2.05) is 6.07 Å². The number of aromatic hydroxyl groups is 1. The number of nitrogens with zero attached hydrogens (tertiary/aromatic N) is 2. The van der Waals surface area contributed by atoms with E-state index in [9.17, 15) is 5.11 Å². The summed E-state index contributed by atoms with van der Waals surface area (Å²) >= 11 is 0. The third-order valence-electron chi connectivity index (χ3n) is 5.74. The Morgan fingerprint density at radius 1 is 1.04 bits per heavy atom. The number of benzene rings is 2. The molecule has 0 spiro atoms. The first-order valence-corrected chi connectivity index (χ1v) is 8.58. The predicted molar refractivity (Wildman–Crippen MR) is 96.6 cm³/mol. The maximum atomic E-state index is 10.7. The van der Waals surface area contributed by atoms with Crippen LogP contribution in [0.3, 0.4) is 0 Å². The largest absolute Gasteiger partial charge is 0.507 e. The Labute approximate surface area is 140 Å². The zero-order valence-corrected chi connectivity index (χ0v) is 14.3. The van der Waals surface area contributed by atoms with Crippen molar-refractivity contribution in [2.75, 3.05) is 0 Å². The lowest BCUT2D eigenvalue weighted by Crippen LogP contribution is -2.43. The molecule has 1 aliphatic carbocycles. The van der Waals surface area contributed by atoms with Crippen molar-refractivity contribution < 1.29 is 9.67 Å². The molecule has 3 heteroatoms. The second-order valence-corrected chi connectivity index (χ2v) is 7.48. The van der Waals surface area contributed by atoms with Crippen molar-refractivity contribution in [3.8, 4) is 5.75 Å². The fourth-order valence-electron chi connectivity index (χ4n) is 4.10. The molecule has 1 fully saturated rings. The van der Waals surface area contributed by atoms with Gasteiger partial charge in [-0.15, -0.1) is 0 Å². The van der Waals surface area contributed by atoms with Crippen LogP contribution in [0.1, 0.15) is 30.9 Å². The highest BCUT2D eigenvalue weighted by atomic mass is 16.3. The molecule has 1 aliphatic rings. The second-order valence-electron chi connectivity index (χ2n) is 7.48. The second kappa shape index (κ2) is 4.29. The molecule has 0 amide bonds. The van der Waals surface area contributed by atoms with Crippen LogP contribution in [0.4, 0.5) is 0 Å². The standard InChI is InChI=1S/C21H20N2O/c1-13-7-8-14(2)19-17(13)15-5-4-6-16(24)18(15)20-22(19)11-12-23(20)21(3)9-10-21/h4-8,11-12H,9-10H2,1-3H3/p+1. The van der Waals surface area contributed by atoms with Crippen molar-refractivity contribution in [3.63, 3.8) is 0 Å². The van der Waals surface area contributed by atoms with Gasteiger partial charge in [-0.2, -0.15) is 4.40 Å². The molecule has 0 aliphatic heterocycles. The summed E-state index contributed by atoms with van der Waals surface area (Å²) in [6, 6.07) is 10.2. The monoisotopic (exact) mass is 317 g/mol. The molecule has 0 radical (unpaired) electrons. The molecule has 2 heterocycles. The van der Waals surface area contributed by atoms with Crippen LogP contribution in [0, 0.1) is 13.8 Å². The summed E-state index contributed by atoms with van der Waals surface area (Å²) in [6.45, 7) is 6.61. The Morgan fingerprint density at radius 2 is 1.79 bits per heavy atom. The van der Waals surface area contributed by atoms with E-state index < -0.39 is 0 Å². The molecule has 0 unspecified atom stereocenters. The van der Waals surface area contributed by atoms with E-state index in [0.717, 1.165) is 16.4 Å². The first-order valence-electron chi connectivity index (χ1n) is 8.58. The molecule has 1 N–H and O–H groups in total. The minimum atomic E-state index is 0.176. The maximum Gasteiger partial charge on any atom is 0.298 e. The highest BCUT2D eigenvalue weighted by molar-refractivity contribution is 6.15. The summed E-state index contributed by atoms with van der Waals surface area (Å²) in [4.78, 5) is 0. The Morgan fingerprint density at radius 3 is 2.54 bits per heavy atom. The molecule has 0 saturated heterocycles. The molecule has 2 aromatic heterocycles. The third-order valence-corrected chi connectivity index (χ3v) is 5.74. The van der Waals surface area contributed by atoms with Crippen LogP contribution < -0.4 is 4.57 Å². The molecular weight excluding hydrogens is 296 g/mol. The van der Waals surface area contributed by atoms with E-state index in [2.05, 4.69) is 60.3 Å². The lowest BCUT2D eigenvalue weighted by atomic mass is 9.98. The van der Waals surface area contributed by atoms with Gasteiger partial charge in [-0.25, -0.2) is 4.57 Å². The number of hydrogen-bond donors (Lipinski definition) is 1. The number of pyridine rings is 1. The number of hydrogen-bond acceptors (Lipinski definition) is 1. The van der Waals surface area contributed by atoms with Gasteiger partial charge in [-0.1, -0.05) is 24.3 Å². The molecule has 0 bridgehead atoms. The van der Waals surface area contributed by atoms with Gasteiger partial charge in [-0.3, -0.25) is 0 Å². The van der Waals surface area contributed by atoms with E-state index in [1.54, 1.807) is 6.07 Å². The van der Waals surface area contributed by atoms with Crippen LogP contribution in [0.25, 0.3) is 27.3 Å². The zero-order valence-electron chi connectivity index (χ0n) is 14.3. The number of phenols is 1. The molecule has 1 saturated carbocycles. The molecule has 2 aromatic carbocycles. The first kappa shape index (κ1) is 13.8. The first-order chi connectivity index (χ1) is 11.5. The van der Waals surface area contributed by atoms with E-state index in [-0.39, 0.29) is 5.54 Å². The zero-order chi connectivity index (χ0) is 16.6. The quantitative estimate of drug-likeness (QED) is 0.410. The summed E-state index contributed by atoms with van der Waals surface area (Å²) < 4.78 is 4.62. The Kier molecular flexibility index (Phi) is 2.48. The van der Waals surface area contributed by atoms with Gasteiger partial charge in [0, 0.05) is 10.8 Å². The number of aryl methyl sites for hydroxylation is 2. The fraction of sp³-hybridized carbons (Fsp3) is 0.286. The van der Waals surface area contributed by atoms with Gasteiger partial charge in [-0.05, 0) is 50.8 Å². The third kappa shape index (κ3) is 1.59. The van der Waals surface area contributed by atoms with Gasteiger partial charge in [0.2, 0.25) is 0 Å². The van der Waals surface area contributed by atoms with Crippen LogP contribution in [-0.2, 0) is 5.54 Å². The molecular formula is C21H21N2O+. The number of phenolic OH excluding ortho intramolecular Hbond substituents is 1. The highest BCUT2D eigenvalue weighted by Crippen LogP contribution is 2.41. The minimum Gasteiger partial charge on any atom is -0.507 e. The lowest BCUT2D eigenvalue weighted by Gasteiger charge is -2.12. The smallest absolute Gasteiger partial charge is 0.298 e. The maximum absolute atomic E-state index is 10.7. The number of imidazole rings is 1. The van der Waals surface area contributed by atoms with Crippen molar-refractivity contribution >= 4 is 27.3 Å². The van der Waals surface area contributed by atoms with Gasteiger partial charge in [0.15, 0.2) is 0 Å². The molecule has 3 nitrogen and oxygen atoms in total. The normalized spacial score (nSPS) is 16.3. The Bertz CT molecular complexity index is 1150. The summed E-state index contributed by atoms with van der Waals surface area (Å²) in [5.41, 5.74) is 5.02. The van der Waals surface area contributed by atoms with Crippen LogP contribution in [0.5, 0.6) is 5.75 Å². The average molecular weight is 317 g/mol. The molecule has 4 aromatic rings. The highest BCUT2D eigenvalue weighted by Gasteiger charge is 2.46. The van der Waals surface area contributed by atoms with Crippen molar-refractivity contribution in [3.05, 3.63) is 53.9 Å². The molecule has 5 rings (SSSR count). The topological polar surface area (TPSA) is 28.5 Å². The lowest BCUT2D eigenvalue weighted by molar-refractivity contribution is -0.710. The predicted octanol–water partition coefficient (Wildman–Crippen LogP) is 4.36. The van der Waals surface area contributed by atoms with Crippen molar-refractivity contribution in [1.29, 1.82) is 0 Å². The number of fused-ring (bicyclic) bond motifs is 6. The SMILES string of the molecule is Cc1ccc(C)c2c1c1cccc(O)c1c1n2cc[n+]1C1(C)CC1. The van der Waals surface area contributed by atoms with Crippen LogP contribution in [0.15, 0.2) is 42.7 Å². The Balaban J connectivity index is 2.17. The van der Waals surface area contributed by atoms with Gasteiger partial charge in [0.1, 0.15) is 34.6 Å². The van der Waals surface area contributed by atoms with Crippen LogP contribution in [-0.4, -0.2) is 9.51 Å². The Hall–Kier alpha value is -2.55. The summed E-state index contributed by atoms with van der Waals surface area (Å²) in [5, 5.41) is 14.0. The average Bonchev–Trinajstić information content (AvgIpc) is 3.15. The van der Waals surface area contributed by atoms with E-state index in [1.165, 1.54) is 34.9 Å². The van der Waals surface area contributed by atoms with Gasteiger partial charge in [0.05, 0.1) is 0 Å².